The van der Waals surface area contributed by atoms with E-state index < -0.39 is 0 Å². The van der Waals surface area contributed by atoms with Crippen LogP contribution >= 0.6 is 15.9 Å². The molecule has 17 heavy (non-hydrogen) atoms. The summed E-state index contributed by atoms with van der Waals surface area (Å²) in [7, 11) is 2.00. The lowest BCUT2D eigenvalue weighted by molar-refractivity contribution is 0.318. The highest BCUT2D eigenvalue weighted by Crippen LogP contribution is 2.25. The van der Waals surface area contributed by atoms with Crippen molar-refractivity contribution in [2.24, 2.45) is 16.8 Å². The van der Waals surface area contributed by atoms with Crippen molar-refractivity contribution in [3.8, 4) is 0 Å². The minimum atomic E-state index is 0.128. The van der Waals surface area contributed by atoms with Crippen molar-refractivity contribution in [3.05, 3.63) is 28.2 Å². The van der Waals surface area contributed by atoms with Gasteiger partial charge in [0.2, 0.25) is 0 Å². The topological polar surface area (TPSA) is 61.8 Å². The van der Waals surface area contributed by atoms with Gasteiger partial charge in [0, 0.05) is 29.3 Å². The Labute approximate surface area is 110 Å². The van der Waals surface area contributed by atoms with Crippen molar-refractivity contribution >= 4 is 27.5 Å². The zero-order chi connectivity index (χ0) is 13.0. The molecule has 1 aromatic carbocycles. The predicted molar refractivity (Wildman–Crippen MR) is 74.8 cm³/mol. The first-order valence-electron chi connectivity index (χ1n) is 5.44. The quantitative estimate of drug-likeness (QED) is 0.389. The van der Waals surface area contributed by atoms with Gasteiger partial charge < -0.3 is 15.8 Å². The van der Waals surface area contributed by atoms with Crippen molar-refractivity contribution in [1.82, 2.24) is 0 Å². The zero-order valence-electron chi connectivity index (χ0n) is 10.3. The van der Waals surface area contributed by atoms with E-state index in [4.69, 9.17) is 10.9 Å². The van der Waals surface area contributed by atoms with Crippen molar-refractivity contribution in [1.29, 1.82) is 0 Å². The second kappa shape index (κ2) is 5.91. The number of benzene rings is 1. The molecule has 0 saturated heterocycles. The van der Waals surface area contributed by atoms with E-state index in [0.29, 0.717) is 5.92 Å². The first kappa shape index (κ1) is 13.8. The van der Waals surface area contributed by atoms with E-state index in [-0.39, 0.29) is 5.84 Å². The molecule has 1 rings (SSSR count). The number of hydrogen-bond donors (Lipinski definition) is 2. The molecule has 0 amide bonds. The summed E-state index contributed by atoms with van der Waals surface area (Å²) in [6.45, 7) is 5.21. The Morgan fingerprint density at radius 2 is 2.18 bits per heavy atom. The number of nitrogens with two attached hydrogens (primary N) is 1. The summed E-state index contributed by atoms with van der Waals surface area (Å²) in [6, 6.07) is 5.68. The van der Waals surface area contributed by atoms with Gasteiger partial charge in [-0.1, -0.05) is 34.9 Å². The molecule has 0 aliphatic rings. The van der Waals surface area contributed by atoms with Crippen molar-refractivity contribution in [3.63, 3.8) is 0 Å². The molecule has 0 spiro atoms. The second-order valence-corrected chi connectivity index (χ2v) is 5.34. The van der Waals surface area contributed by atoms with Crippen LogP contribution in [0.3, 0.4) is 0 Å². The molecule has 0 aliphatic carbocycles. The molecule has 0 radical (unpaired) electrons. The smallest absolute Gasteiger partial charge is 0.172 e. The highest BCUT2D eigenvalue weighted by atomic mass is 79.9. The average molecular weight is 300 g/mol. The van der Waals surface area contributed by atoms with Crippen LogP contribution in [0.1, 0.15) is 19.4 Å². The van der Waals surface area contributed by atoms with E-state index in [1.807, 2.05) is 25.2 Å². The molecule has 0 heterocycles. The highest BCUT2D eigenvalue weighted by Gasteiger charge is 2.12. The minimum Gasteiger partial charge on any atom is -0.409 e. The summed E-state index contributed by atoms with van der Waals surface area (Å²) in [4.78, 5) is 2.10. The van der Waals surface area contributed by atoms with Gasteiger partial charge in [-0.25, -0.2) is 0 Å². The van der Waals surface area contributed by atoms with E-state index in [1.54, 1.807) is 0 Å². The van der Waals surface area contributed by atoms with E-state index in [1.165, 1.54) is 0 Å². The Kier molecular flexibility index (Phi) is 4.81. The van der Waals surface area contributed by atoms with Crippen LogP contribution in [-0.2, 0) is 0 Å². The van der Waals surface area contributed by atoms with Crippen LogP contribution in [0.4, 0.5) is 5.69 Å². The van der Waals surface area contributed by atoms with Gasteiger partial charge in [-0.15, -0.1) is 0 Å². The van der Waals surface area contributed by atoms with Gasteiger partial charge in [0.15, 0.2) is 5.84 Å². The standard InChI is InChI=1S/C12H18BrN3O/c1-8(2)7-16(3)11-6-9(13)4-5-10(11)12(14)15-17/h4-6,8,17H,7H2,1-3H3,(H2,14,15). The maximum absolute atomic E-state index is 8.78. The van der Waals surface area contributed by atoms with Crippen LogP contribution < -0.4 is 10.6 Å². The molecule has 0 aromatic heterocycles. The Hall–Kier alpha value is -1.23. The summed E-state index contributed by atoms with van der Waals surface area (Å²) in [6.07, 6.45) is 0. The summed E-state index contributed by atoms with van der Waals surface area (Å²) in [5.41, 5.74) is 7.35. The third-order valence-electron chi connectivity index (χ3n) is 2.39. The van der Waals surface area contributed by atoms with Crippen LogP contribution in [-0.4, -0.2) is 24.6 Å². The van der Waals surface area contributed by atoms with Gasteiger partial charge >= 0.3 is 0 Å². The molecule has 0 unspecified atom stereocenters. The molecule has 0 bridgehead atoms. The van der Waals surface area contributed by atoms with Gasteiger partial charge in [0.25, 0.3) is 0 Å². The summed E-state index contributed by atoms with van der Waals surface area (Å²) >= 11 is 3.43. The second-order valence-electron chi connectivity index (χ2n) is 4.42. The number of halogens is 1. The van der Waals surface area contributed by atoms with Crippen LogP contribution in [0, 0.1) is 5.92 Å². The molecule has 5 heteroatoms. The van der Waals surface area contributed by atoms with Gasteiger partial charge in [0.05, 0.1) is 0 Å². The maximum Gasteiger partial charge on any atom is 0.172 e. The van der Waals surface area contributed by atoms with Gasteiger partial charge in [-0.05, 0) is 24.1 Å². The van der Waals surface area contributed by atoms with Crippen LogP contribution in [0.25, 0.3) is 0 Å². The van der Waals surface area contributed by atoms with Crippen LogP contribution in [0.5, 0.6) is 0 Å². The molecule has 1 aromatic rings. The third-order valence-corrected chi connectivity index (χ3v) is 2.89. The fraction of sp³-hybridized carbons (Fsp3) is 0.417. The van der Waals surface area contributed by atoms with E-state index in [9.17, 15) is 0 Å². The first-order valence-corrected chi connectivity index (χ1v) is 6.23. The number of rotatable bonds is 4. The van der Waals surface area contributed by atoms with Crippen molar-refractivity contribution in [2.75, 3.05) is 18.5 Å². The first-order chi connectivity index (χ1) is 7.95. The van der Waals surface area contributed by atoms with E-state index >= 15 is 0 Å². The molecule has 94 valence electrons. The fourth-order valence-corrected chi connectivity index (χ4v) is 2.09. The van der Waals surface area contributed by atoms with Gasteiger partial charge in [-0.2, -0.15) is 0 Å². The molecular formula is C12H18BrN3O. The molecule has 0 fully saturated rings. The lowest BCUT2D eigenvalue weighted by Gasteiger charge is -2.24. The van der Waals surface area contributed by atoms with Gasteiger partial charge in [-0.3, -0.25) is 0 Å². The number of anilines is 1. The predicted octanol–water partition coefficient (Wildman–Crippen LogP) is 2.64. The van der Waals surface area contributed by atoms with Crippen LogP contribution in [0.15, 0.2) is 27.8 Å². The molecule has 3 N–H and O–H groups in total. The minimum absolute atomic E-state index is 0.128. The Morgan fingerprint density at radius 1 is 1.53 bits per heavy atom. The van der Waals surface area contributed by atoms with E-state index in [0.717, 1.165) is 22.3 Å². The zero-order valence-corrected chi connectivity index (χ0v) is 11.9. The largest absolute Gasteiger partial charge is 0.409 e. The summed E-state index contributed by atoms with van der Waals surface area (Å²) < 4.78 is 0.970. The number of hydrogen-bond acceptors (Lipinski definition) is 3. The number of amidine groups is 1. The van der Waals surface area contributed by atoms with Crippen molar-refractivity contribution in [2.45, 2.75) is 13.8 Å². The molecule has 0 aliphatic heterocycles. The average Bonchev–Trinajstić information content (AvgIpc) is 2.27. The number of oxime groups is 1. The molecular weight excluding hydrogens is 282 g/mol. The highest BCUT2D eigenvalue weighted by molar-refractivity contribution is 9.10. The van der Waals surface area contributed by atoms with Crippen LogP contribution in [0.2, 0.25) is 0 Å². The molecule has 0 atom stereocenters. The Bertz CT molecular complexity index is 418. The third kappa shape index (κ3) is 3.63. The number of nitrogens with zero attached hydrogens (tertiary/aromatic N) is 2. The maximum atomic E-state index is 8.78. The molecule has 4 nitrogen and oxygen atoms in total. The van der Waals surface area contributed by atoms with E-state index in [2.05, 4.69) is 39.8 Å². The Balaban J connectivity index is 3.15. The van der Waals surface area contributed by atoms with Gasteiger partial charge in [0.1, 0.15) is 0 Å². The Morgan fingerprint density at radius 3 is 2.71 bits per heavy atom. The fourth-order valence-electron chi connectivity index (χ4n) is 1.74. The lowest BCUT2D eigenvalue weighted by atomic mass is 10.1. The monoisotopic (exact) mass is 299 g/mol. The van der Waals surface area contributed by atoms with Crippen molar-refractivity contribution < 1.29 is 5.21 Å². The SMILES string of the molecule is CC(C)CN(C)c1cc(Br)ccc1/C(N)=N/O. The lowest BCUT2D eigenvalue weighted by Crippen LogP contribution is -2.26. The summed E-state index contributed by atoms with van der Waals surface area (Å²) in [5.74, 6) is 0.669. The summed E-state index contributed by atoms with van der Waals surface area (Å²) in [5, 5.41) is 11.8. The molecule has 0 saturated carbocycles. The normalized spacial score (nSPS) is 11.9.